The number of hydrogen-bond acceptors (Lipinski definition) is 2. The monoisotopic (exact) mass is 215 g/mol. The van der Waals surface area contributed by atoms with E-state index in [0.29, 0.717) is 0 Å². The van der Waals surface area contributed by atoms with E-state index in [1.165, 1.54) is 38.1 Å². The molecule has 0 saturated carbocycles. The van der Waals surface area contributed by atoms with E-state index in [1.54, 1.807) is 0 Å². The Kier molecular flexibility index (Phi) is 5.95. The molecular weight excluding hydrogens is 190 g/mol. The quantitative estimate of drug-likeness (QED) is 0.756. The van der Waals surface area contributed by atoms with Gasteiger partial charge in [0.1, 0.15) is 0 Å². The van der Waals surface area contributed by atoms with Crippen molar-refractivity contribution in [3.05, 3.63) is 0 Å². The van der Waals surface area contributed by atoms with Gasteiger partial charge in [-0.2, -0.15) is 11.8 Å². The predicted molar refractivity (Wildman–Crippen MR) is 67.0 cm³/mol. The summed E-state index contributed by atoms with van der Waals surface area (Å²) in [6.07, 6.45) is 4.24. The molecule has 84 valence electrons. The van der Waals surface area contributed by atoms with Gasteiger partial charge in [-0.3, -0.25) is 0 Å². The van der Waals surface area contributed by atoms with E-state index in [2.05, 4.69) is 37.8 Å². The van der Waals surface area contributed by atoms with Gasteiger partial charge in [0.15, 0.2) is 0 Å². The molecule has 14 heavy (non-hydrogen) atoms. The largest absolute Gasteiger partial charge is 0.316 e. The Bertz CT molecular complexity index is 141. The highest BCUT2D eigenvalue weighted by Crippen LogP contribution is 2.23. The lowest BCUT2D eigenvalue weighted by atomic mass is 9.97. The molecule has 0 aromatic carbocycles. The van der Waals surface area contributed by atoms with Crippen LogP contribution in [0.15, 0.2) is 0 Å². The maximum absolute atomic E-state index is 3.49. The minimum Gasteiger partial charge on any atom is -0.316 e. The second-order valence-corrected chi connectivity index (χ2v) is 6.31. The van der Waals surface area contributed by atoms with Crippen molar-refractivity contribution < 1.29 is 0 Å². The van der Waals surface area contributed by atoms with Gasteiger partial charge < -0.3 is 5.32 Å². The summed E-state index contributed by atoms with van der Waals surface area (Å²) in [6.45, 7) is 9.50. The first-order chi connectivity index (χ1) is 6.70. The summed E-state index contributed by atoms with van der Waals surface area (Å²) < 4.78 is 0. The van der Waals surface area contributed by atoms with E-state index >= 15 is 0 Å². The van der Waals surface area contributed by atoms with Crippen molar-refractivity contribution in [1.82, 2.24) is 5.32 Å². The van der Waals surface area contributed by atoms with Gasteiger partial charge in [0.2, 0.25) is 0 Å². The predicted octanol–water partition coefficient (Wildman–Crippen LogP) is 3.15. The lowest BCUT2D eigenvalue weighted by Gasteiger charge is -2.23. The molecule has 0 spiro atoms. The fourth-order valence-corrected chi connectivity index (χ4v) is 3.01. The third-order valence-corrected chi connectivity index (χ3v) is 4.79. The maximum atomic E-state index is 3.49. The minimum absolute atomic E-state index is 0.824. The van der Waals surface area contributed by atoms with Crippen LogP contribution >= 0.6 is 11.8 Å². The van der Waals surface area contributed by atoms with Gasteiger partial charge in [0, 0.05) is 5.25 Å². The van der Waals surface area contributed by atoms with E-state index in [-0.39, 0.29) is 0 Å². The molecule has 0 aromatic rings. The Hall–Kier alpha value is 0.310. The molecule has 1 fully saturated rings. The van der Waals surface area contributed by atoms with Crippen LogP contribution < -0.4 is 5.32 Å². The summed E-state index contributed by atoms with van der Waals surface area (Å²) >= 11 is 2.15. The van der Waals surface area contributed by atoms with Crippen molar-refractivity contribution in [2.45, 2.75) is 45.3 Å². The van der Waals surface area contributed by atoms with Crippen LogP contribution in [0.1, 0.15) is 40.0 Å². The molecule has 2 heteroatoms. The zero-order valence-corrected chi connectivity index (χ0v) is 10.7. The van der Waals surface area contributed by atoms with Crippen molar-refractivity contribution >= 4 is 11.8 Å². The molecule has 1 N–H and O–H groups in total. The molecular formula is C12H25NS. The zero-order valence-electron chi connectivity index (χ0n) is 9.88. The molecule has 1 aliphatic rings. The van der Waals surface area contributed by atoms with Crippen LogP contribution in [0.5, 0.6) is 0 Å². The van der Waals surface area contributed by atoms with Gasteiger partial charge in [-0.1, -0.05) is 20.8 Å². The molecule has 0 aliphatic carbocycles. The van der Waals surface area contributed by atoms with Crippen molar-refractivity contribution in [3.8, 4) is 0 Å². The van der Waals surface area contributed by atoms with Crippen molar-refractivity contribution in [2.24, 2.45) is 11.8 Å². The van der Waals surface area contributed by atoms with Crippen molar-refractivity contribution in [2.75, 3.05) is 18.8 Å². The molecule has 1 saturated heterocycles. The van der Waals surface area contributed by atoms with Crippen LogP contribution in [0.25, 0.3) is 0 Å². The topological polar surface area (TPSA) is 12.0 Å². The number of nitrogens with one attached hydrogen (secondary N) is 1. The molecule has 2 atom stereocenters. The third kappa shape index (κ3) is 4.70. The van der Waals surface area contributed by atoms with Gasteiger partial charge in [-0.15, -0.1) is 0 Å². The van der Waals surface area contributed by atoms with E-state index in [4.69, 9.17) is 0 Å². The zero-order chi connectivity index (χ0) is 10.4. The first-order valence-corrected chi connectivity index (χ1v) is 7.07. The molecule has 0 radical (unpaired) electrons. The lowest BCUT2D eigenvalue weighted by Crippen LogP contribution is -2.30. The highest BCUT2D eigenvalue weighted by Gasteiger charge is 2.13. The fraction of sp³-hybridized carbons (Fsp3) is 1.00. The first-order valence-electron chi connectivity index (χ1n) is 6.02. The van der Waals surface area contributed by atoms with Crippen molar-refractivity contribution in [3.63, 3.8) is 0 Å². The van der Waals surface area contributed by atoms with Gasteiger partial charge >= 0.3 is 0 Å². The fourth-order valence-electron chi connectivity index (χ4n) is 1.78. The third-order valence-electron chi connectivity index (χ3n) is 3.24. The Balaban J connectivity index is 2.02. The Labute approximate surface area is 93.4 Å². The average molecular weight is 215 g/mol. The summed E-state index contributed by atoms with van der Waals surface area (Å²) in [6, 6.07) is 0. The van der Waals surface area contributed by atoms with Crippen LogP contribution in [-0.4, -0.2) is 24.1 Å². The van der Waals surface area contributed by atoms with Crippen LogP contribution in [0.2, 0.25) is 0 Å². The standard InChI is InChI=1S/C12H25NS/c1-10(2)11(3)14-8-6-12-5-4-7-13-9-12/h10-13H,4-9H2,1-3H3. The van der Waals surface area contributed by atoms with Gasteiger partial charge in [-0.25, -0.2) is 0 Å². The smallest absolute Gasteiger partial charge is 0.00417 e. The van der Waals surface area contributed by atoms with Crippen LogP contribution in [0, 0.1) is 11.8 Å². The summed E-state index contributed by atoms with van der Waals surface area (Å²) in [5, 5.41) is 4.31. The van der Waals surface area contributed by atoms with Crippen LogP contribution in [-0.2, 0) is 0 Å². The van der Waals surface area contributed by atoms with Gasteiger partial charge in [-0.05, 0) is 49.9 Å². The first kappa shape index (κ1) is 12.4. The molecule has 0 amide bonds. The number of rotatable bonds is 5. The second kappa shape index (κ2) is 6.73. The summed E-state index contributed by atoms with van der Waals surface area (Å²) in [4.78, 5) is 0. The summed E-state index contributed by atoms with van der Waals surface area (Å²) in [5.74, 6) is 3.13. The molecule has 0 bridgehead atoms. The molecule has 1 nitrogen and oxygen atoms in total. The maximum Gasteiger partial charge on any atom is 0.00417 e. The molecule has 2 unspecified atom stereocenters. The Morgan fingerprint density at radius 3 is 2.71 bits per heavy atom. The van der Waals surface area contributed by atoms with Crippen LogP contribution in [0.3, 0.4) is 0 Å². The second-order valence-electron chi connectivity index (χ2n) is 4.82. The Morgan fingerprint density at radius 1 is 1.36 bits per heavy atom. The van der Waals surface area contributed by atoms with E-state index in [0.717, 1.165) is 17.1 Å². The highest BCUT2D eigenvalue weighted by molar-refractivity contribution is 7.99. The van der Waals surface area contributed by atoms with Crippen molar-refractivity contribution in [1.29, 1.82) is 0 Å². The normalized spacial score (nSPS) is 25.3. The molecule has 1 rings (SSSR count). The van der Waals surface area contributed by atoms with Crippen LogP contribution in [0.4, 0.5) is 0 Å². The molecule has 1 aliphatic heterocycles. The van der Waals surface area contributed by atoms with Gasteiger partial charge in [0.25, 0.3) is 0 Å². The number of thioether (sulfide) groups is 1. The highest BCUT2D eigenvalue weighted by atomic mass is 32.2. The number of piperidine rings is 1. The average Bonchev–Trinajstić information content (AvgIpc) is 2.19. The van der Waals surface area contributed by atoms with E-state index in [9.17, 15) is 0 Å². The SMILES string of the molecule is CC(C)C(C)SCCC1CCCNC1. The van der Waals surface area contributed by atoms with E-state index < -0.39 is 0 Å². The lowest BCUT2D eigenvalue weighted by molar-refractivity contribution is 0.371. The summed E-state index contributed by atoms with van der Waals surface area (Å²) in [5.41, 5.74) is 0. The minimum atomic E-state index is 0.824. The summed E-state index contributed by atoms with van der Waals surface area (Å²) in [7, 11) is 0. The molecule has 1 heterocycles. The van der Waals surface area contributed by atoms with E-state index in [1.807, 2.05) is 0 Å². The number of hydrogen-bond donors (Lipinski definition) is 1. The Morgan fingerprint density at radius 2 is 2.14 bits per heavy atom. The van der Waals surface area contributed by atoms with Gasteiger partial charge in [0.05, 0.1) is 0 Å². The molecule has 0 aromatic heterocycles.